The molecule has 2 fully saturated rings. The van der Waals surface area contributed by atoms with Crippen molar-refractivity contribution in [1.82, 2.24) is 14.7 Å². The minimum absolute atomic E-state index is 0.0612. The molecule has 2 aromatic carbocycles. The van der Waals surface area contributed by atoms with Crippen LogP contribution in [0.25, 0.3) is 0 Å². The molecule has 0 radical (unpaired) electrons. The molecule has 2 aliphatic heterocycles. The monoisotopic (exact) mass is 447 g/mol. The summed E-state index contributed by atoms with van der Waals surface area (Å²) < 4.78 is 0. The average molecular weight is 448 g/mol. The molecule has 2 amide bonds. The Kier molecular flexibility index (Phi) is 8.16. The Hall–Kier alpha value is -2.66. The molecule has 2 saturated heterocycles. The van der Waals surface area contributed by atoms with Crippen LogP contribution < -0.4 is 0 Å². The van der Waals surface area contributed by atoms with E-state index < -0.39 is 0 Å². The van der Waals surface area contributed by atoms with Crippen LogP contribution in [0.3, 0.4) is 0 Å². The Morgan fingerprint density at radius 1 is 0.818 bits per heavy atom. The quantitative estimate of drug-likeness (QED) is 0.675. The Morgan fingerprint density at radius 2 is 1.55 bits per heavy atom. The molecule has 2 aromatic rings. The Bertz CT molecular complexity index is 922. The normalized spacial score (nSPS) is 18.2. The van der Waals surface area contributed by atoms with E-state index in [2.05, 4.69) is 53.1 Å². The van der Waals surface area contributed by atoms with E-state index in [1.165, 1.54) is 16.7 Å². The van der Waals surface area contributed by atoms with Gasteiger partial charge in [0.2, 0.25) is 11.8 Å². The van der Waals surface area contributed by atoms with E-state index in [4.69, 9.17) is 0 Å². The van der Waals surface area contributed by atoms with Crippen molar-refractivity contribution in [3.8, 4) is 0 Å². The number of aryl methyl sites for hydroxylation is 2. The van der Waals surface area contributed by atoms with Gasteiger partial charge in [-0.05, 0) is 49.3 Å². The summed E-state index contributed by atoms with van der Waals surface area (Å²) in [6.07, 6.45) is 3.93. The summed E-state index contributed by atoms with van der Waals surface area (Å²) in [6, 6.07) is 18.7. The molecule has 0 unspecified atom stereocenters. The topological polar surface area (TPSA) is 43.9 Å². The molecule has 0 spiro atoms. The van der Waals surface area contributed by atoms with Crippen molar-refractivity contribution in [2.45, 2.75) is 45.6 Å². The zero-order valence-corrected chi connectivity index (χ0v) is 19.9. The van der Waals surface area contributed by atoms with Crippen LogP contribution in [0, 0.1) is 12.8 Å². The number of likely N-dealkylation sites (tertiary alicyclic amines) is 1. The van der Waals surface area contributed by atoms with Crippen LogP contribution in [0.15, 0.2) is 54.6 Å². The van der Waals surface area contributed by atoms with Crippen molar-refractivity contribution in [2.75, 3.05) is 39.3 Å². The van der Waals surface area contributed by atoms with Gasteiger partial charge in [0.05, 0.1) is 0 Å². The number of amides is 2. The molecule has 33 heavy (non-hydrogen) atoms. The van der Waals surface area contributed by atoms with Gasteiger partial charge in [-0.2, -0.15) is 0 Å². The summed E-state index contributed by atoms with van der Waals surface area (Å²) >= 11 is 0. The molecule has 5 heteroatoms. The second kappa shape index (κ2) is 11.5. The number of hydrogen-bond acceptors (Lipinski definition) is 3. The summed E-state index contributed by atoms with van der Waals surface area (Å²) in [5.41, 5.74) is 3.91. The largest absolute Gasteiger partial charge is 0.343 e. The molecule has 0 N–H and O–H groups in total. The van der Waals surface area contributed by atoms with E-state index in [9.17, 15) is 9.59 Å². The van der Waals surface area contributed by atoms with Gasteiger partial charge in [0.1, 0.15) is 0 Å². The number of piperidine rings is 1. The van der Waals surface area contributed by atoms with Crippen molar-refractivity contribution < 1.29 is 9.59 Å². The highest BCUT2D eigenvalue weighted by molar-refractivity contribution is 5.80. The van der Waals surface area contributed by atoms with Crippen LogP contribution in [0.2, 0.25) is 0 Å². The van der Waals surface area contributed by atoms with Gasteiger partial charge in [-0.15, -0.1) is 0 Å². The molecule has 0 atom stereocenters. The van der Waals surface area contributed by atoms with Crippen molar-refractivity contribution in [1.29, 1.82) is 0 Å². The zero-order chi connectivity index (χ0) is 23.0. The number of benzene rings is 2. The SMILES string of the molecule is Cc1ccccc1CN1CCCN(C(=O)C2CCN(C(=O)CCc3ccccc3)CC2)CC1. The number of hydrogen-bond donors (Lipinski definition) is 0. The molecular weight excluding hydrogens is 410 g/mol. The molecule has 4 rings (SSSR count). The fourth-order valence-electron chi connectivity index (χ4n) is 5.07. The van der Waals surface area contributed by atoms with Crippen LogP contribution >= 0.6 is 0 Å². The van der Waals surface area contributed by atoms with Crippen molar-refractivity contribution in [3.63, 3.8) is 0 Å². The lowest BCUT2D eigenvalue weighted by atomic mass is 9.94. The maximum Gasteiger partial charge on any atom is 0.225 e. The third-order valence-electron chi connectivity index (χ3n) is 7.22. The summed E-state index contributed by atoms with van der Waals surface area (Å²) in [5, 5.41) is 0. The van der Waals surface area contributed by atoms with Gasteiger partial charge in [-0.25, -0.2) is 0 Å². The first-order valence-corrected chi connectivity index (χ1v) is 12.5. The minimum Gasteiger partial charge on any atom is -0.343 e. The second-order valence-corrected chi connectivity index (χ2v) is 9.52. The van der Waals surface area contributed by atoms with Crippen LogP contribution in [-0.4, -0.2) is 65.8 Å². The van der Waals surface area contributed by atoms with E-state index in [1.807, 2.05) is 23.1 Å². The summed E-state index contributed by atoms with van der Waals surface area (Å²) in [5.74, 6) is 0.571. The fraction of sp³-hybridized carbons (Fsp3) is 0.500. The van der Waals surface area contributed by atoms with Gasteiger partial charge < -0.3 is 9.80 Å². The summed E-state index contributed by atoms with van der Waals surface area (Å²) in [4.78, 5) is 32.4. The van der Waals surface area contributed by atoms with Gasteiger partial charge in [0.25, 0.3) is 0 Å². The Morgan fingerprint density at radius 3 is 2.30 bits per heavy atom. The molecule has 0 saturated carbocycles. The second-order valence-electron chi connectivity index (χ2n) is 9.52. The fourth-order valence-corrected chi connectivity index (χ4v) is 5.07. The van der Waals surface area contributed by atoms with Gasteiger partial charge in [0.15, 0.2) is 0 Å². The molecule has 0 bridgehead atoms. The van der Waals surface area contributed by atoms with E-state index in [1.54, 1.807) is 0 Å². The highest BCUT2D eigenvalue weighted by Gasteiger charge is 2.31. The Balaban J connectivity index is 1.21. The van der Waals surface area contributed by atoms with E-state index in [0.29, 0.717) is 25.4 Å². The first-order chi connectivity index (χ1) is 16.1. The van der Waals surface area contributed by atoms with Crippen LogP contribution in [0.5, 0.6) is 0 Å². The lowest BCUT2D eigenvalue weighted by molar-refractivity contribution is -0.140. The van der Waals surface area contributed by atoms with E-state index in [-0.39, 0.29) is 11.8 Å². The van der Waals surface area contributed by atoms with Gasteiger partial charge in [0, 0.05) is 58.2 Å². The smallest absolute Gasteiger partial charge is 0.225 e. The van der Waals surface area contributed by atoms with Crippen molar-refractivity contribution in [3.05, 3.63) is 71.3 Å². The molecule has 5 nitrogen and oxygen atoms in total. The standard InChI is InChI=1S/C28H37N3O2/c1-23-8-5-6-11-26(23)22-29-16-7-17-31(21-20-29)28(33)25-14-18-30(19-15-25)27(32)13-12-24-9-3-2-4-10-24/h2-6,8-11,25H,7,12-22H2,1H3. The molecule has 0 aliphatic carbocycles. The Labute approximate surface area is 198 Å². The average Bonchev–Trinajstić information content (AvgIpc) is 3.10. The minimum atomic E-state index is 0.0612. The highest BCUT2D eigenvalue weighted by atomic mass is 16.2. The van der Waals surface area contributed by atoms with Gasteiger partial charge >= 0.3 is 0 Å². The number of nitrogens with zero attached hydrogens (tertiary/aromatic N) is 3. The third-order valence-corrected chi connectivity index (χ3v) is 7.22. The molecule has 176 valence electrons. The zero-order valence-electron chi connectivity index (χ0n) is 19.9. The number of rotatable bonds is 6. The highest BCUT2D eigenvalue weighted by Crippen LogP contribution is 2.22. The maximum absolute atomic E-state index is 13.2. The number of carbonyl (C=O) groups excluding carboxylic acids is 2. The summed E-state index contributed by atoms with van der Waals surface area (Å²) in [7, 11) is 0. The lowest BCUT2D eigenvalue weighted by Crippen LogP contribution is -2.45. The van der Waals surface area contributed by atoms with Crippen LogP contribution in [0.4, 0.5) is 0 Å². The van der Waals surface area contributed by atoms with Crippen molar-refractivity contribution in [2.24, 2.45) is 5.92 Å². The molecule has 2 heterocycles. The lowest BCUT2D eigenvalue weighted by Gasteiger charge is -2.34. The molecule has 0 aromatic heterocycles. The third kappa shape index (κ3) is 6.44. The molecular formula is C28H37N3O2. The van der Waals surface area contributed by atoms with Crippen LogP contribution in [0.1, 0.15) is 42.4 Å². The summed E-state index contributed by atoms with van der Waals surface area (Å²) in [6.45, 7) is 8.15. The first kappa shape index (κ1) is 23.5. The van der Waals surface area contributed by atoms with E-state index >= 15 is 0 Å². The van der Waals surface area contributed by atoms with E-state index in [0.717, 1.165) is 58.4 Å². The van der Waals surface area contributed by atoms with Gasteiger partial charge in [-0.3, -0.25) is 14.5 Å². The van der Waals surface area contributed by atoms with Crippen LogP contribution in [-0.2, 0) is 22.6 Å². The predicted octanol–water partition coefficient (Wildman–Crippen LogP) is 3.90. The van der Waals surface area contributed by atoms with Crippen molar-refractivity contribution >= 4 is 11.8 Å². The maximum atomic E-state index is 13.2. The number of carbonyl (C=O) groups is 2. The van der Waals surface area contributed by atoms with Gasteiger partial charge in [-0.1, -0.05) is 54.6 Å². The molecule has 2 aliphatic rings. The first-order valence-electron chi connectivity index (χ1n) is 12.5. The predicted molar refractivity (Wildman–Crippen MR) is 132 cm³/mol.